The Balaban J connectivity index is 1.16. The molecule has 224 valence electrons. The van der Waals surface area contributed by atoms with E-state index in [1.165, 1.54) is 12.4 Å². The smallest absolute Gasteiger partial charge is 0.257 e. The molecule has 0 radical (unpaired) electrons. The highest BCUT2D eigenvalue weighted by atomic mass is 16.5. The first-order chi connectivity index (χ1) is 21.2. The van der Waals surface area contributed by atoms with Gasteiger partial charge in [0.05, 0.1) is 46.7 Å². The summed E-state index contributed by atoms with van der Waals surface area (Å²) in [4.78, 5) is 35.6. The monoisotopic (exact) mass is 593 g/mol. The first kappa shape index (κ1) is 29.4. The Morgan fingerprint density at radius 2 is 1.93 bits per heavy atom. The van der Waals surface area contributed by atoms with E-state index in [4.69, 9.17) is 10.5 Å². The zero-order valence-corrected chi connectivity index (χ0v) is 24.1. The van der Waals surface area contributed by atoms with Gasteiger partial charge in [-0.05, 0) is 43.3 Å². The van der Waals surface area contributed by atoms with Crippen molar-refractivity contribution in [1.29, 1.82) is 0 Å². The minimum atomic E-state index is -0.324. The number of para-hydroxylation sites is 2. The van der Waals surface area contributed by atoms with Crippen molar-refractivity contribution < 1.29 is 19.4 Å². The van der Waals surface area contributed by atoms with Gasteiger partial charge in [0, 0.05) is 41.7 Å². The van der Waals surface area contributed by atoms with Crippen molar-refractivity contribution in [1.82, 2.24) is 20.3 Å². The van der Waals surface area contributed by atoms with E-state index >= 15 is 0 Å². The fourth-order valence-electron chi connectivity index (χ4n) is 4.53. The molecule has 5 aromatic rings. The van der Waals surface area contributed by atoms with E-state index in [-0.39, 0.29) is 23.4 Å². The molecule has 8 N–H and O–H groups in total. The van der Waals surface area contributed by atoms with Gasteiger partial charge in [-0.15, -0.1) is 5.11 Å². The number of aryl methyl sites for hydroxylation is 1. The van der Waals surface area contributed by atoms with Gasteiger partial charge in [0.2, 0.25) is 5.88 Å². The number of nitrogens with one attached hydrogen (secondary N) is 5. The van der Waals surface area contributed by atoms with Crippen molar-refractivity contribution in [2.24, 2.45) is 10.2 Å². The average molecular weight is 594 g/mol. The number of azo groups is 1. The molecular weight excluding hydrogens is 562 g/mol. The zero-order chi connectivity index (χ0) is 31.2. The van der Waals surface area contributed by atoms with Crippen LogP contribution in [0.1, 0.15) is 26.4 Å². The molecule has 44 heavy (non-hydrogen) atoms. The van der Waals surface area contributed by atoms with Crippen LogP contribution in [0.15, 0.2) is 71.0 Å². The number of H-pyrrole nitrogens is 2. The Labute approximate surface area is 251 Å². The van der Waals surface area contributed by atoms with Gasteiger partial charge in [0.15, 0.2) is 5.69 Å². The van der Waals surface area contributed by atoms with Gasteiger partial charge < -0.3 is 41.5 Å². The molecule has 0 bridgehead atoms. The zero-order valence-electron chi connectivity index (χ0n) is 24.1. The molecule has 0 aliphatic rings. The quantitative estimate of drug-likeness (QED) is 0.0731. The van der Waals surface area contributed by atoms with Crippen LogP contribution in [0.3, 0.4) is 0 Å². The summed E-state index contributed by atoms with van der Waals surface area (Å²) in [5.41, 5.74) is 9.22. The third kappa shape index (κ3) is 6.36. The molecule has 0 fully saturated rings. The van der Waals surface area contributed by atoms with E-state index in [0.717, 1.165) is 0 Å². The lowest BCUT2D eigenvalue weighted by atomic mass is 10.2. The van der Waals surface area contributed by atoms with Gasteiger partial charge in [-0.1, -0.05) is 18.7 Å². The number of methoxy groups -OCH3 is 1. The lowest BCUT2D eigenvalue weighted by Crippen LogP contribution is -2.34. The maximum absolute atomic E-state index is 12.9. The van der Waals surface area contributed by atoms with E-state index in [1.807, 2.05) is 0 Å². The number of hydrogen-bond donors (Lipinski definition) is 7. The van der Waals surface area contributed by atoms with Crippen LogP contribution in [0.25, 0.3) is 23.7 Å². The normalized spacial score (nSPS) is 11.6. The second-order valence-corrected chi connectivity index (χ2v) is 9.75. The number of aromatic amines is 2. The first-order valence-corrected chi connectivity index (χ1v) is 13.6. The van der Waals surface area contributed by atoms with Gasteiger partial charge in [0.1, 0.15) is 11.6 Å². The number of anilines is 3. The maximum Gasteiger partial charge on any atom is 0.257 e. The van der Waals surface area contributed by atoms with E-state index in [2.05, 4.69) is 47.7 Å². The predicted octanol–water partition coefficient (Wildman–Crippen LogP) is 3.52. The number of nitrogens with two attached hydrogens (primary N) is 1. The molecular formula is C31H31N9O4. The number of fused-ring (bicyclic) bond motifs is 1. The van der Waals surface area contributed by atoms with Crippen molar-refractivity contribution in [3.05, 3.63) is 88.2 Å². The van der Waals surface area contributed by atoms with Crippen molar-refractivity contribution in [2.75, 3.05) is 36.6 Å². The molecule has 0 saturated carbocycles. The first-order valence-electron chi connectivity index (χ1n) is 13.6. The number of rotatable bonds is 10. The van der Waals surface area contributed by atoms with Crippen LogP contribution in [0.5, 0.6) is 11.6 Å². The summed E-state index contributed by atoms with van der Waals surface area (Å²) in [5.74, 6) is 0.442. The largest absolute Gasteiger partial charge is 0.497 e. The molecule has 2 amide bonds. The number of aromatic nitrogens is 3. The Bertz CT molecular complexity index is 1980. The molecule has 13 nitrogen and oxygen atoms in total. The van der Waals surface area contributed by atoms with Crippen molar-refractivity contribution in [3.63, 3.8) is 0 Å². The van der Waals surface area contributed by atoms with Crippen molar-refractivity contribution in [3.8, 4) is 11.6 Å². The van der Waals surface area contributed by atoms with Gasteiger partial charge in [-0.2, -0.15) is 5.11 Å². The van der Waals surface area contributed by atoms with E-state index in [1.54, 1.807) is 68.6 Å². The van der Waals surface area contributed by atoms with Crippen LogP contribution in [0.2, 0.25) is 0 Å². The second kappa shape index (κ2) is 12.8. The molecule has 5 rings (SSSR count). The van der Waals surface area contributed by atoms with Gasteiger partial charge in [0.25, 0.3) is 11.8 Å². The minimum Gasteiger partial charge on any atom is -0.497 e. The molecule has 0 aliphatic heterocycles. The molecule has 0 atom stereocenters. The average Bonchev–Trinajstić information content (AvgIpc) is 3.49. The number of hydrogen-bond acceptors (Lipinski definition) is 9. The van der Waals surface area contributed by atoms with Gasteiger partial charge >= 0.3 is 0 Å². The Morgan fingerprint density at radius 1 is 1.11 bits per heavy atom. The van der Waals surface area contributed by atoms with Gasteiger partial charge in [-0.3, -0.25) is 9.59 Å². The summed E-state index contributed by atoms with van der Waals surface area (Å²) >= 11 is 0. The van der Waals surface area contributed by atoms with Crippen LogP contribution in [-0.2, 0) is 0 Å². The Hall–Kier alpha value is -6.11. The third-order valence-corrected chi connectivity index (χ3v) is 6.81. The lowest BCUT2D eigenvalue weighted by Gasteiger charge is -2.09. The van der Waals surface area contributed by atoms with E-state index in [0.29, 0.717) is 74.3 Å². The highest BCUT2D eigenvalue weighted by Gasteiger charge is 2.14. The van der Waals surface area contributed by atoms with Crippen LogP contribution < -0.4 is 37.0 Å². The highest BCUT2D eigenvalue weighted by molar-refractivity contribution is 6.05. The molecule has 0 spiro atoms. The van der Waals surface area contributed by atoms with Crippen LogP contribution in [0.4, 0.5) is 22.9 Å². The second-order valence-electron chi connectivity index (χ2n) is 9.75. The maximum atomic E-state index is 12.9. The lowest BCUT2D eigenvalue weighted by molar-refractivity contribution is 0.0953. The summed E-state index contributed by atoms with van der Waals surface area (Å²) in [7, 11) is 1.56. The van der Waals surface area contributed by atoms with Crippen molar-refractivity contribution >= 4 is 58.4 Å². The number of carbonyl (C=O) groups excluding carboxylic acids is 2. The Morgan fingerprint density at radius 3 is 2.68 bits per heavy atom. The van der Waals surface area contributed by atoms with E-state index < -0.39 is 0 Å². The molecule has 0 aliphatic carbocycles. The summed E-state index contributed by atoms with van der Waals surface area (Å²) in [6.45, 7) is 6.51. The minimum absolute atomic E-state index is 0.123. The number of ether oxygens (including phenoxy) is 1. The molecule has 0 unspecified atom stereocenters. The SMILES string of the molecule is C=c1c(C(=O)NCCNc2ccc(C(=O)Nc3ccccc3N)cn2)c(C)[nH]c1=CN=Nc1c(O)[nH]c2cc(OC)ccc12. The number of benzene rings is 2. The van der Waals surface area contributed by atoms with E-state index in [9.17, 15) is 14.7 Å². The highest BCUT2D eigenvalue weighted by Crippen LogP contribution is 2.36. The number of aromatic hydroxyl groups is 1. The van der Waals surface area contributed by atoms with Crippen LogP contribution in [0, 0.1) is 6.92 Å². The van der Waals surface area contributed by atoms with Crippen molar-refractivity contribution in [2.45, 2.75) is 6.92 Å². The molecule has 0 saturated heterocycles. The summed E-state index contributed by atoms with van der Waals surface area (Å²) in [6.07, 6.45) is 2.90. The third-order valence-electron chi connectivity index (χ3n) is 6.81. The number of nitrogen functional groups attached to an aromatic ring is 1. The molecule has 3 heterocycles. The van der Waals surface area contributed by atoms with Crippen LogP contribution in [-0.4, -0.2) is 52.1 Å². The molecule has 2 aromatic carbocycles. The molecule has 13 heteroatoms. The fourth-order valence-corrected chi connectivity index (χ4v) is 4.53. The summed E-state index contributed by atoms with van der Waals surface area (Å²) in [6, 6.07) is 15.6. The molecule has 3 aromatic heterocycles. The summed E-state index contributed by atoms with van der Waals surface area (Å²) in [5, 5.41) is 28.9. The topological polar surface area (TPSA) is 195 Å². The van der Waals surface area contributed by atoms with Gasteiger partial charge in [-0.25, -0.2) is 4.98 Å². The number of pyridine rings is 1. The predicted molar refractivity (Wildman–Crippen MR) is 170 cm³/mol. The van der Waals surface area contributed by atoms with Crippen LogP contribution >= 0.6 is 0 Å². The summed E-state index contributed by atoms with van der Waals surface area (Å²) < 4.78 is 5.21. The number of carbonyl (C=O) groups is 2. The fraction of sp³-hybridized carbons (Fsp3) is 0.129. The standard InChI is InChI=1S/C31H31N9O4/c1-17-25(16-36-40-28-21-10-9-20(44-3)14-24(21)39-31(28)43)37-18(2)27(17)30(42)34-13-12-33-26-11-8-19(15-35-26)29(41)38-23-7-5-4-6-22(23)32/h4-11,14-16,37,39,43H,1,12-13,32H2,2-3H3,(H,33,35)(H,34,42)(H,38,41). The number of amides is 2. The Kier molecular flexibility index (Phi) is 8.56. The number of nitrogens with zero attached hydrogens (tertiary/aromatic N) is 3.